The molecule has 20 heavy (non-hydrogen) atoms. The number of carbonyl (C=O) groups is 2. The van der Waals surface area contributed by atoms with Crippen molar-refractivity contribution in [1.29, 1.82) is 0 Å². The van der Waals surface area contributed by atoms with Crippen molar-refractivity contribution in [1.82, 2.24) is 0 Å². The number of esters is 2. The Morgan fingerprint density at radius 1 is 1.10 bits per heavy atom. The number of hydrogen-bond donors (Lipinski definition) is 0. The number of ether oxygens (including phenoxy) is 3. The van der Waals surface area contributed by atoms with E-state index in [9.17, 15) is 9.59 Å². The van der Waals surface area contributed by atoms with Gasteiger partial charge in [-0.05, 0) is 12.3 Å². The van der Waals surface area contributed by atoms with Crippen LogP contribution < -0.4 is 0 Å². The number of hydrogen-bond acceptors (Lipinski definition) is 5. The predicted octanol–water partition coefficient (Wildman–Crippen LogP) is 2.32. The average Bonchev–Trinajstić information content (AvgIpc) is 2.32. The Balaban J connectivity index is 3.03. The van der Waals surface area contributed by atoms with Gasteiger partial charge in [0.25, 0.3) is 0 Å². The molecular formula is C15H26O5. The van der Waals surface area contributed by atoms with Gasteiger partial charge in [-0.25, -0.2) is 0 Å². The minimum absolute atomic E-state index is 0.0175. The molecule has 0 aromatic heterocycles. The van der Waals surface area contributed by atoms with Gasteiger partial charge in [0, 0.05) is 19.8 Å². The quantitative estimate of drug-likeness (QED) is 0.742. The summed E-state index contributed by atoms with van der Waals surface area (Å²) in [5.74, 6) is -0.468. The molecule has 116 valence electrons. The zero-order valence-corrected chi connectivity index (χ0v) is 13.2. The van der Waals surface area contributed by atoms with Crippen LogP contribution in [0.5, 0.6) is 0 Å². The molecule has 5 heteroatoms. The first-order valence-corrected chi connectivity index (χ1v) is 7.27. The zero-order valence-electron chi connectivity index (χ0n) is 13.2. The highest BCUT2D eigenvalue weighted by Gasteiger charge is 2.47. The predicted molar refractivity (Wildman–Crippen MR) is 74.1 cm³/mol. The topological polar surface area (TPSA) is 61.8 Å². The van der Waals surface area contributed by atoms with Crippen molar-refractivity contribution in [2.45, 2.75) is 72.4 Å². The van der Waals surface area contributed by atoms with E-state index in [-0.39, 0.29) is 30.1 Å². The molecule has 0 radical (unpaired) electrons. The minimum atomic E-state index is -0.536. The maximum Gasteiger partial charge on any atom is 0.303 e. The van der Waals surface area contributed by atoms with Gasteiger partial charge in [0.2, 0.25) is 0 Å². The molecule has 1 aliphatic rings. The second-order valence-electron chi connectivity index (χ2n) is 5.80. The number of rotatable bonds is 4. The third kappa shape index (κ3) is 3.95. The lowest BCUT2D eigenvalue weighted by Gasteiger charge is -2.45. The van der Waals surface area contributed by atoms with E-state index in [1.54, 1.807) is 0 Å². The van der Waals surface area contributed by atoms with Crippen LogP contribution in [0, 0.1) is 11.8 Å². The molecule has 0 bridgehead atoms. The van der Waals surface area contributed by atoms with Gasteiger partial charge in [0.05, 0.1) is 12.2 Å². The summed E-state index contributed by atoms with van der Waals surface area (Å²) >= 11 is 0. The SMILES string of the molecule is CCC1OC(C(C)C)C(C)C(OC(C)=O)C1OC(C)=O. The van der Waals surface area contributed by atoms with Crippen LogP contribution in [-0.4, -0.2) is 36.4 Å². The maximum absolute atomic E-state index is 11.4. The van der Waals surface area contributed by atoms with Gasteiger partial charge in [0.1, 0.15) is 6.10 Å². The molecule has 5 unspecified atom stereocenters. The van der Waals surface area contributed by atoms with E-state index in [1.165, 1.54) is 13.8 Å². The molecule has 0 aromatic rings. The van der Waals surface area contributed by atoms with Crippen molar-refractivity contribution in [2.24, 2.45) is 11.8 Å². The summed E-state index contributed by atoms with van der Waals surface area (Å²) in [6, 6.07) is 0. The lowest BCUT2D eigenvalue weighted by molar-refractivity contribution is -0.229. The van der Waals surface area contributed by atoms with E-state index in [4.69, 9.17) is 14.2 Å². The van der Waals surface area contributed by atoms with Gasteiger partial charge in [-0.15, -0.1) is 0 Å². The highest BCUT2D eigenvalue weighted by atomic mass is 16.6. The van der Waals surface area contributed by atoms with Crippen LogP contribution in [0.1, 0.15) is 48.0 Å². The monoisotopic (exact) mass is 286 g/mol. The van der Waals surface area contributed by atoms with E-state index < -0.39 is 12.2 Å². The molecule has 0 N–H and O–H groups in total. The molecule has 0 spiro atoms. The molecule has 1 rings (SSSR count). The Labute approximate surface area is 121 Å². The van der Waals surface area contributed by atoms with Gasteiger partial charge >= 0.3 is 11.9 Å². The van der Waals surface area contributed by atoms with Gasteiger partial charge in [0.15, 0.2) is 6.10 Å². The van der Waals surface area contributed by atoms with Crippen molar-refractivity contribution in [2.75, 3.05) is 0 Å². The van der Waals surface area contributed by atoms with Gasteiger partial charge in [-0.3, -0.25) is 9.59 Å². The van der Waals surface area contributed by atoms with E-state index in [2.05, 4.69) is 13.8 Å². The van der Waals surface area contributed by atoms with Gasteiger partial charge in [-0.2, -0.15) is 0 Å². The van der Waals surface area contributed by atoms with Crippen molar-refractivity contribution in [3.63, 3.8) is 0 Å². The first-order valence-electron chi connectivity index (χ1n) is 7.27. The molecule has 1 fully saturated rings. The zero-order chi connectivity index (χ0) is 15.4. The molecule has 1 heterocycles. The largest absolute Gasteiger partial charge is 0.458 e. The molecule has 0 aromatic carbocycles. The van der Waals surface area contributed by atoms with Crippen molar-refractivity contribution < 1.29 is 23.8 Å². The molecule has 1 aliphatic heterocycles. The molecule has 0 aliphatic carbocycles. The Hall–Kier alpha value is -1.10. The fourth-order valence-electron chi connectivity index (χ4n) is 2.89. The highest BCUT2D eigenvalue weighted by molar-refractivity contribution is 5.67. The van der Waals surface area contributed by atoms with E-state index in [0.717, 1.165) is 0 Å². The average molecular weight is 286 g/mol. The normalized spacial score (nSPS) is 33.9. The first-order chi connectivity index (χ1) is 9.27. The first kappa shape index (κ1) is 17.0. The lowest BCUT2D eigenvalue weighted by atomic mass is 9.82. The van der Waals surface area contributed by atoms with Crippen LogP contribution in [0.3, 0.4) is 0 Å². The molecular weight excluding hydrogens is 260 g/mol. The van der Waals surface area contributed by atoms with Crippen LogP contribution in [0.25, 0.3) is 0 Å². The summed E-state index contributed by atoms with van der Waals surface area (Å²) in [7, 11) is 0. The third-order valence-electron chi connectivity index (χ3n) is 3.72. The molecule has 5 nitrogen and oxygen atoms in total. The van der Waals surface area contributed by atoms with Crippen LogP contribution in [0.4, 0.5) is 0 Å². The Bertz CT molecular complexity index is 352. The minimum Gasteiger partial charge on any atom is -0.458 e. The molecule has 0 saturated carbocycles. The van der Waals surface area contributed by atoms with Crippen molar-refractivity contribution >= 4 is 11.9 Å². The fraction of sp³-hybridized carbons (Fsp3) is 0.867. The summed E-state index contributed by atoms with van der Waals surface area (Å²) in [5.41, 5.74) is 0. The van der Waals surface area contributed by atoms with E-state index in [1.807, 2.05) is 13.8 Å². The maximum atomic E-state index is 11.4. The van der Waals surface area contributed by atoms with Crippen LogP contribution >= 0.6 is 0 Å². The Morgan fingerprint density at radius 2 is 1.60 bits per heavy atom. The summed E-state index contributed by atoms with van der Waals surface area (Å²) < 4.78 is 16.9. The molecule has 0 amide bonds. The lowest BCUT2D eigenvalue weighted by Crippen LogP contribution is -2.57. The molecule has 5 atom stereocenters. The third-order valence-corrected chi connectivity index (χ3v) is 3.72. The van der Waals surface area contributed by atoms with Gasteiger partial charge in [-0.1, -0.05) is 27.7 Å². The van der Waals surface area contributed by atoms with Crippen LogP contribution in [0.2, 0.25) is 0 Å². The van der Waals surface area contributed by atoms with Crippen molar-refractivity contribution in [3.05, 3.63) is 0 Å². The Morgan fingerprint density at radius 3 is 2.00 bits per heavy atom. The number of carbonyl (C=O) groups excluding carboxylic acids is 2. The Kier molecular flexibility index (Phi) is 5.99. The highest BCUT2D eigenvalue weighted by Crippen LogP contribution is 2.34. The summed E-state index contributed by atoms with van der Waals surface area (Å²) in [6.45, 7) is 10.8. The van der Waals surface area contributed by atoms with Crippen LogP contribution in [0.15, 0.2) is 0 Å². The smallest absolute Gasteiger partial charge is 0.303 e. The summed E-state index contributed by atoms with van der Waals surface area (Å²) in [5, 5.41) is 0. The van der Waals surface area contributed by atoms with Crippen molar-refractivity contribution in [3.8, 4) is 0 Å². The summed E-state index contributed by atoms with van der Waals surface area (Å²) in [6.07, 6.45) is -0.553. The van der Waals surface area contributed by atoms with E-state index in [0.29, 0.717) is 12.3 Å². The summed E-state index contributed by atoms with van der Waals surface area (Å²) in [4.78, 5) is 22.7. The second-order valence-corrected chi connectivity index (χ2v) is 5.80. The van der Waals surface area contributed by atoms with E-state index >= 15 is 0 Å². The van der Waals surface area contributed by atoms with Crippen LogP contribution in [-0.2, 0) is 23.8 Å². The van der Waals surface area contributed by atoms with Gasteiger partial charge < -0.3 is 14.2 Å². The standard InChI is InChI=1S/C15H26O5/c1-7-12-15(19-11(6)17)14(18-10(5)16)9(4)13(20-12)8(2)3/h8-9,12-15H,7H2,1-6H3. The fourth-order valence-corrected chi connectivity index (χ4v) is 2.89. The molecule has 1 saturated heterocycles. The second kappa shape index (κ2) is 7.07.